The van der Waals surface area contributed by atoms with Gasteiger partial charge in [-0.3, -0.25) is 4.90 Å². The van der Waals surface area contributed by atoms with Crippen LogP contribution in [0.3, 0.4) is 0 Å². The van der Waals surface area contributed by atoms with E-state index < -0.39 is 0 Å². The second kappa shape index (κ2) is 7.08. The number of benzene rings is 1. The monoisotopic (exact) mass is 328 g/mol. The van der Waals surface area contributed by atoms with Gasteiger partial charge in [0.2, 0.25) is 0 Å². The normalized spacial score (nSPS) is 15.2. The first-order chi connectivity index (χ1) is 11.5. The van der Waals surface area contributed by atoms with Crippen molar-refractivity contribution in [2.24, 2.45) is 0 Å². The van der Waals surface area contributed by atoms with Crippen molar-refractivity contribution >= 4 is 11.0 Å². The molecule has 0 amide bonds. The van der Waals surface area contributed by atoms with Crippen molar-refractivity contribution in [3.63, 3.8) is 0 Å². The lowest BCUT2D eigenvalue weighted by Gasteiger charge is -2.30. The number of hydrogen-bond donors (Lipinski definition) is 0. The van der Waals surface area contributed by atoms with Gasteiger partial charge in [0, 0.05) is 31.6 Å². The van der Waals surface area contributed by atoms with Crippen LogP contribution in [0.25, 0.3) is 11.0 Å². The third kappa shape index (κ3) is 3.26. The maximum Gasteiger partial charge on any atom is 0.341 e. The molecule has 4 heteroatoms. The van der Waals surface area contributed by atoms with Crippen molar-refractivity contribution in [3.05, 3.63) is 44.8 Å². The molecular formula is C20H28N2O2. The van der Waals surface area contributed by atoms with Gasteiger partial charge in [0.15, 0.2) is 0 Å². The molecule has 0 aliphatic carbocycles. The lowest BCUT2D eigenvalue weighted by atomic mass is 9.95. The fourth-order valence-electron chi connectivity index (χ4n) is 3.59. The van der Waals surface area contributed by atoms with Crippen molar-refractivity contribution in [2.75, 3.05) is 32.7 Å². The summed E-state index contributed by atoms with van der Waals surface area (Å²) in [5.41, 5.74) is 5.05. The average Bonchev–Trinajstić information content (AvgIpc) is 2.58. The third-order valence-electron chi connectivity index (χ3n) is 5.42. The largest absolute Gasteiger partial charge is 0.422 e. The fraction of sp³-hybridized carbons (Fsp3) is 0.550. The smallest absolute Gasteiger partial charge is 0.341 e. The first-order valence-corrected chi connectivity index (χ1v) is 9.04. The maximum absolute atomic E-state index is 12.5. The van der Waals surface area contributed by atoms with E-state index in [-0.39, 0.29) is 5.63 Å². The van der Waals surface area contributed by atoms with Crippen LogP contribution in [0.1, 0.15) is 36.1 Å². The zero-order valence-electron chi connectivity index (χ0n) is 15.3. The van der Waals surface area contributed by atoms with Gasteiger partial charge >= 0.3 is 5.63 Å². The minimum absolute atomic E-state index is 0.159. The first kappa shape index (κ1) is 17.2. The summed E-state index contributed by atoms with van der Waals surface area (Å²) in [6.07, 6.45) is 0.929. The van der Waals surface area contributed by atoms with Gasteiger partial charge in [-0.1, -0.05) is 13.8 Å². The van der Waals surface area contributed by atoms with Gasteiger partial charge in [0.05, 0.1) is 5.56 Å². The van der Waals surface area contributed by atoms with Crippen LogP contribution in [0, 0.1) is 13.8 Å². The number of fused-ring (bicyclic) bond motifs is 3. The standard InChI is InChI=1S/C20H28N2O2/c1-5-21(6-2)9-10-22-8-7-16-17-11-14(3)15(4)12-19(17)24-20(23)18(16)13-22/h11-12H,5-10,13H2,1-4H3. The molecule has 0 radical (unpaired) electrons. The van der Waals surface area contributed by atoms with Crippen molar-refractivity contribution in [2.45, 2.75) is 40.7 Å². The number of rotatable bonds is 5. The SMILES string of the molecule is CCN(CC)CCN1CCc2c(c(=O)oc3cc(C)c(C)cc23)C1. The molecule has 1 aromatic carbocycles. The predicted octanol–water partition coefficient (Wildman–Crippen LogP) is 3.11. The van der Waals surface area contributed by atoms with Crippen LogP contribution in [0.15, 0.2) is 21.3 Å². The molecule has 4 nitrogen and oxygen atoms in total. The molecule has 0 bridgehead atoms. The number of hydrogen-bond acceptors (Lipinski definition) is 4. The molecule has 0 saturated heterocycles. The molecule has 0 spiro atoms. The molecular weight excluding hydrogens is 300 g/mol. The quantitative estimate of drug-likeness (QED) is 0.790. The van der Waals surface area contributed by atoms with Crippen LogP contribution in [-0.4, -0.2) is 42.5 Å². The minimum Gasteiger partial charge on any atom is -0.422 e. The van der Waals surface area contributed by atoms with Crippen LogP contribution in [-0.2, 0) is 13.0 Å². The van der Waals surface area contributed by atoms with Crippen LogP contribution >= 0.6 is 0 Å². The average molecular weight is 328 g/mol. The molecule has 0 unspecified atom stereocenters. The Kier molecular flexibility index (Phi) is 5.07. The zero-order valence-corrected chi connectivity index (χ0v) is 15.3. The van der Waals surface area contributed by atoms with Crippen molar-refractivity contribution in [1.82, 2.24) is 9.80 Å². The summed E-state index contributed by atoms with van der Waals surface area (Å²) >= 11 is 0. The lowest BCUT2D eigenvalue weighted by Crippen LogP contribution is -2.39. The maximum atomic E-state index is 12.5. The van der Waals surface area contributed by atoms with E-state index in [2.05, 4.69) is 43.6 Å². The Morgan fingerprint density at radius 1 is 1.12 bits per heavy atom. The molecule has 2 aromatic rings. The highest BCUT2D eigenvalue weighted by molar-refractivity contribution is 5.83. The highest BCUT2D eigenvalue weighted by atomic mass is 16.4. The van der Waals surface area contributed by atoms with Crippen LogP contribution in [0.4, 0.5) is 0 Å². The molecule has 1 aliphatic rings. The summed E-state index contributed by atoms with van der Waals surface area (Å²) in [5, 5.41) is 1.12. The summed E-state index contributed by atoms with van der Waals surface area (Å²) in [7, 11) is 0. The minimum atomic E-state index is -0.159. The third-order valence-corrected chi connectivity index (χ3v) is 5.42. The van der Waals surface area contributed by atoms with Crippen LogP contribution in [0.5, 0.6) is 0 Å². The van der Waals surface area contributed by atoms with E-state index >= 15 is 0 Å². The summed E-state index contributed by atoms with van der Waals surface area (Å²) in [6.45, 7) is 14.5. The van der Waals surface area contributed by atoms with Crippen molar-refractivity contribution in [3.8, 4) is 0 Å². The molecule has 0 N–H and O–H groups in total. The second-order valence-corrected chi connectivity index (χ2v) is 6.83. The number of nitrogens with zero attached hydrogens (tertiary/aromatic N) is 2. The molecule has 2 heterocycles. The topological polar surface area (TPSA) is 36.7 Å². The molecule has 3 rings (SSSR count). The van der Waals surface area contributed by atoms with Crippen LogP contribution < -0.4 is 5.63 Å². The summed E-state index contributed by atoms with van der Waals surface area (Å²) < 4.78 is 5.62. The van der Waals surface area contributed by atoms with E-state index in [1.807, 2.05) is 6.07 Å². The van der Waals surface area contributed by atoms with Gasteiger partial charge in [-0.05, 0) is 62.2 Å². The van der Waals surface area contributed by atoms with Gasteiger partial charge in [-0.25, -0.2) is 4.79 Å². The van der Waals surface area contributed by atoms with Gasteiger partial charge < -0.3 is 9.32 Å². The van der Waals surface area contributed by atoms with Gasteiger partial charge in [0.25, 0.3) is 0 Å². The Hall–Kier alpha value is -1.65. The molecule has 0 saturated carbocycles. The fourth-order valence-corrected chi connectivity index (χ4v) is 3.59. The second-order valence-electron chi connectivity index (χ2n) is 6.83. The van der Waals surface area contributed by atoms with Gasteiger partial charge in [0.1, 0.15) is 5.58 Å². The summed E-state index contributed by atoms with van der Waals surface area (Å²) in [4.78, 5) is 17.3. The van der Waals surface area contributed by atoms with Gasteiger partial charge in [-0.15, -0.1) is 0 Å². The molecule has 0 atom stereocenters. The molecule has 0 fully saturated rings. The van der Waals surface area contributed by atoms with Crippen molar-refractivity contribution < 1.29 is 4.42 Å². The highest BCUT2D eigenvalue weighted by Gasteiger charge is 2.23. The Labute approximate surface area is 144 Å². The van der Waals surface area contributed by atoms with Crippen molar-refractivity contribution in [1.29, 1.82) is 0 Å². The van der Waals surface area contributed by atoms with E-state index in [0.29, 0.717) is 6.54 Å². The van der Waals surface area contributed by atoms with E-state index in [9.17, 15) is 4.79 Å². The molecule has 130 valence electrons. The highest BCUT2D eigenvalue weighted by Crippen LogP contribution is 2.27. The first-order valence-electron chi connectivity index (χ1n) is 9.04. The van der Waals surface area contributed by atoms with Gasteiger partial charge in [-0.2, -0.15) is 0 Å². The zero-order chi connectivity index (χ0) is 17.3. The Morgan fingerprint density at radius 3 is 2.54 bits per heavy atom. The Balaban J connectivity index is 1.88. The van der Waals surface area contributed by atoms with E-state index in [0.717, 1.165) is 55.7 Å². The predicted molar refractivity (Wildman–Crippen MR) is 98.7 cm³/mol. The van der Waals surface area contributed by atoms with E-state index in [1.165, 1.54) is 16.7 Å². The Bertz CT molecular complexity index is 790. The lowest BCUT2D eigenvalue weighted by molar-refractivity contribution is 0.200. The van der Waals surface area contributed by atoms with Crippen LogP contribution in [0.2, 0.25) is 0 Å². The van der Waals surface area contributed by atoms with E-state index in [1.54, 1.807) is 0 Å². The molecule has 24 heavy (non-hydrogen) atoms. The summed E-state index contributed by atoms with van der Waals surface area (Å²) in [6, 6.07) is 4.18. The number of likely N-dealkylation sites (N-methyl/N-ethyl adjacent to an activating group) is 1. The number of aryl methyl sites for hydroxylation is 2. The van der Waals surface area contributed by atoms with E-state index in [4.69, 9.17) is 4.42 Å². The summed E-state index contributed by atoms with van der Waals surface area (Å²) in [5.74, 6) is 0. The molecule has 1 aliphatic heterocycles. The molecule has 1 aromatic heterocycles. The Morgan fingerprint density at radius 2 is 1.83 bits per heavy atom.